The average Bonchev–Trinajstić information content (AvgIpc) is 0.811. The third-order valence-corrected chi connectivity index (χ3v) is 0. The molecular formula is H4N2O3Tl+. The molecule has 34 valence electrons. The zero-order valence-electron chi connectivity index (χ0n) is 3.25. The first-order chi connectivity index (χ1) is 1.73. The fourth-order valence-corrected chi connectivity index (χ4v) is 0. The summed E-state index contributed by atoms with van der Waals surface area (Å²) in [7, 11) is 0. The smallest absolute Gasteiger partial charge is 0.369 e. The molecular weight excluding hydrogens is 280 g/mol. The van der Waals surface area contributed by atoms with Crippen molar-refractivity contribution < 1.29 is 5.09 Å². The van der Waals surface area contributed by atoms with Gasteiger partial charge in [-0.2, -0.15) is 0 Å². The van der Waals surface area contributed by atoms with Crippen molar-refractivity contribution in [2.75, 3.05) is 0 Å². The Hall–Kier alpha value is 0.0821. The summed E-state index contributed by atoms with van der Waals surface area (Å²) in [6, 6.07) is 0. The maximum absolute atomic E-state index is 8.25. The summed E-state index contributed by atoms with van der Waals surface area (Å²) in [5.41, 5.74) is 0. The van der Waals surface area contributed by atoms with Gasteiger partial charge in [-0.15, -0.1) is 0 Å². The molecule has 0 amide bonds. The molecule has 0 heterocycles. The Kier molecular flexibility index (Phi) is 24.6. The Labute approximate surface area is 54.2 Å². The van der Waals surface area contributed by atoms with Gasteiger partial charge < -0.3 is 21.5 Å². The Bertz CT molecular complexity index is 31.8. The third-order valence-electron chi connectivity index (χ3n) is 0. The number of quaternary nitrogens is 1. The van der Waals surface area contributed by atoms with Crippen LogP contribution in [0.5, 0.6) is 0 Å². The van der Waals surface area contributed by atoms with E-state index in [4.69, 9.17) is 15.3 Å². The number of rotatable bonds is 0. The third kappa shape index (κ3) is 5760. The van der Waals surface area contributed by atoms with Crippen LogP contribution < -0.4 is 6.15 Å². The van der Waals surface area contributed by atoms with Gasteiger partial charge in [0.05, 0.1) is 5.09 Å². The maximum atomic E-state index is 8.25. The number of hydrogen-bond donors (Lipinski definition) is 1. The van der Waals surface area contributed by atoms with E-state index in [1.807, 2.05) is 0 Å². The fourth-order valence-electron chi connectivity index (χ4n) is 0. The van der Waals surface area contributed by atoms with Crippen molar-refractivity contribution in [1.29, 1.82) is 0 Å². The fraction of sp³-hybridized carbons (Fsp3) is 0. The molecule has 0 saturated carbocycles. The Morgan fingerprint density at radius 3 is 1.33 bits per heavy atom. The van der Waals surface area contributed by atoms with E-state index in [0.717, 1.165) is 0 Å². The van der Waals surface area contributed by atoms with Crippen molar-refractivity contribution >= 4 is 27.3 Å². The van der Waals surface area contributed by atoms with Gasteiger partial charge in [-0.25, -0.2) is 0 Å². The SMILES string of the molecule is O=[N+]([O-])[O-].[NH4+].[Tl+]. The van der Waals surface area contributed by atoms with Gasteiger partial charge >= 0.3 is 27.3 Å². The molecule has 0 aliphatic carbocycles. The minimum Gasteiger partial charge on any atom is -0.369 e. The molecule has 5 nitrogen and oxygen atoms in total. The molecule has 0 rings (SSSR count). The second-order valence-electron chi connectivity index (χ2n) is 0.224. The predicted molar refractivity (Wildman–Crippen MR) is 22.1 cm³/mol. The van der Waals surface area contributed by atoms with Crippen LogP contribution in [0.2, 0.25) is 0 Å². The van der Waals surface area contributed by atoms with E-state index in [1.165, 1.54) is 0 Å². The summed E-state index contributed by atoms with van der Waals surface area (Å²) < 4.78 is 0. The van der Waals surface area contributed by atoms with Crippen molar-refractivity contribution in [2.45, 2.75) is 0 Å². The minimum atomic E-state index is -1.75. The summed E-state index contributed by atoms with van der Waals surface area (Å²) in [5, 5.41) is 14.8. The zero-order chi connectivity index (χ0) is 3.58. The Balaban J connectivity index is -0.0000000450. The van der Waals surface area contributed by atoms with Crippen LogP contribution in [-0.2, 0) is 0 Å². The monoisotopic (exact) mass is 285 g/mol. The Morgan fingerprint density at radius 1 is 1.33 bits per heavy atom. The molecule has 0 aliphatic rings. The van der Waals surface area contributed by atoms with E-state index in [9.17, 15) is 0 Å². The minimum absolute atomic E-state index is 0. The molecule has 0 aromatic rings. The van der Waals surface area contributed by atoms with E-state index >= 15 is 0 Å². The standard InChI is InChI=1S/NO3.H3N.Tl/c2-1(3)4;;/h;1H3;/q-1;;+1/p+1. The van der Waals surface area contributed by atoms with E-state index in [-0.39, 0.29) is 33.4 Å². The first-order valence-corrected chi connectivity index (χ1v) is 0.548. The van der Waals surface area contributed by atoms with Crippen molar-refractivity contribution in [2.24, 2.45) is 0 Å². The molecule has 0 unspecified atom stereocenters. The Morgan fingerprint density at radius 2 is 1.33 bits per heavy atom. The van der Waals surface area contributed by atoms with Crippen LogP contribution in [0.1, 0.15) is 0 Å². The summed E-state index contributed by atoms with van der Waals surface area (Å²) in [4.78, 5) is 8.25. The quantitative estimate of drug-likeness (QED) is 0.377. The van der Waals surface area contributed by atoms with Crippen LogP contribution in [0.25, 0.3) is 0 Å². The van der Waals surface area contributed by atoms with Crippen molar-refractivity contribution in [1.82, 2.24) is 6.15 Å². The summed E-state index contributed by atoms with van der Waals surface area (Å²) in [6.07, 6.45) is 0. The van der Waals surface area contributed by atoms with E-state index in [1.54, 1.807) is 0 Å². The van der Waals surface area contributed by atoms with Gasteiger partial charge in [-0.05, 0) is 0 Å². The molecule has 0 aliphatic heterocycles. The van der Waals surface area contributed by atoms with Gasteiger partial charge in [0.2, 0.25) is 0 Å². The summed E-state index contributed by atoms with van der Waals surface area (Å²) in [5.74, 6) is 0. The molecule has 0 radical (unpaired) electrons. The second-order valence-corrected chi connectivity index (χ2v) is 0.224. The van der Waals surface area contributed by atoms with Crippen LogP contribution in [0, 0.1) is 15.3 Å². The van der Waals surface area contributed by atoms with Crippen molar-refractivity contribution in [3.8, 4) is 0 Å². The molecule has 0 saturated heterocycles. The molecule has 0 aromatic carbocycles. The number of hydrogen-bond acceptors (Lipinski definition) is 3. The van der Waals surface area contributed by atoms with Crippen LogP contribution in [0.3, 0.4) is 0 Å². The van der Waals surface area contributed by atoms with E-state index in [0.29, 0.717) is 0 Å². The zero-order valence-corrected chi connectivity index (χ0v) is 7.74. The molecule has 0 fully saturated rings. The predicted octanol–water partition coefficient (Wildman–Crippen LogP) is -0.244. The van der Waals surface area contributed by atoms with Gasteiger partial charge in [-0.1, -0.05) is 0 Å². The van der Waals surface area contributed by atoms with Crippen LogP contribution >= 0.6 is 0 Å². The maximum Gasteiger partial charge on any atom is 1.00 e. The molecule has 0 spiro atoms. The molecule has 4 N–H and O–H groups in total. The summed E-state index contributed by atoms with van der Waals surface area (Å²) in [6.45, 7) is 0. The first kappa shape index (κ1) is 16.5. The van der Waals surface area contributed by atoms with Gasteiger partial charge in [-0.3, -0.25) is 0 Å². The second kappa shape index (κ2) is 8.91. The molecule has 0 bridgehead atoms. The topological polar surface area (TPSA) is 103 Å². The number of nitrogens with zero attached hydrogens (tertiary/aromatic N) is 1. The largest absolute Gasteiger partial charge is 1.00 e. The van der Waals surface area contributed by atoms with Gasteiger partial charge in [0, 0.05) is 0 Å². The molecule has 0 atom stereocenters. The molecule has 0 aromatic heterocycles. The van der Waals surface area contributed by atoms with E-state index < -0.39 is 5.09 Å². The van der Waals surface area contributed by atoms with Crippen LogP contribution in [0.15, 0.2) is 0 Å². The van der Waals surface area contributed by atoms with Crippen LogP contribution in [0.4, 0.5) is 0 Å². The average molecular weight is 284 g/mol. The summed E-state index contributed by atoms with van der Waals surface area (Å²) >= 11 is 0. The van der Waals surface area contributed by atoms with Gasteiger partial charge in [0.15, 0.2) is 0 Å². The first-order valence-electron chi connectivity index (χ1n) is 0.548. The van der Waals surface area contributed by atoms with Gasteiger partial charge in [0.1, 0.15) is 0 Å². The van der Waals surface area contributed by atoms with Gasteiger partial charge in [0.25, 0.3) is 0 Å². The normalized spacial score (nSPS) is 4.00. The molecule has 6 heteroatoms. The molecule has 6 heavy (non-hydrogen) atoms. The van der Waals surface area contributed by atoms with Crippen molar-refractivity contribution in [3.63, 3.8) is 0 Å². The van der Waals surface area contributed by atoms with Crippen molar-refractivity contribution in [3.05, 3.63) is 15.3 Å². The van der Waals surface area contributed by atoms with E-state index in [2.05, 4.69) is 0 Å². The van der Waals surface area contributed by atoms with Crippen LogP contribution in [-0.4, -0.2) is 32.4 Å².